The zero-order valence-corrected chi connectivity index (χ0v) is 6.27. The van der Waals surface area contributed by atoms with Gasteiger partial charge in [-0.25, -0.2) is 0 Å². The van der Waals surface area contributed by atoms with Gasteiger partial charge in [0.1, 0.15) is 28.9 Å². The van der Waals surface area contributed by atoms with E-state index in [1.165, 1.54) is 23.0 Å². The topological polar surface area (TPSA) is 69.4 Å². The molecule has 0 aromatic carbocycles. The molecule has 7 heavy (non-hydrogen) atoms. The lowest BCUT2D eigenvalue weighted by atomic mass is 11.6. The van der Waals surface area contributed by atoms with E-state index in [-0.39, 0.29) is 0 Å². The highest BCUT2D eigenvalue weighted by Crippen LogP contribution is 1.94. The van der Waals surface area contributed by atoms with E-state index in [4.69, 9.17) is 5.73 Å². The molecule has 0 aliphatic heterocycles. The molecule has 0 aliphatic rings. The molecule has 6 heteroatoms. The van der Waals surface area contributed by atoms with Gasteiger partial charge in [-0.1, -0.05) is 0 Å². The summed E-state index contributed by atoms with van der Waals surface area (Å²) in [5.74, 6) is -0.462. The van der Waals surface area contributed by atoms with Crippen molar-refractivity contribution in [2.24, 2.45) is 5.73 Å². The number of rotatable bonds is 2. The lowest BCUT2D eigenvalue weighted by molar-refractivity contribution is 0.537. The molecule has 0 radical (unpaired) electrons. The highest BCUT2D eigenvalue weighted by molar-refractivity contribution is 14.1. The molecule has 0 aliphatic carbocycles. The summed E-state index contributed by atoms with van der Waals surface area (Å²) in [5.41, 5.74) is 4.70. The standard InChI is InChI=1S/CH4INO3S/c2-6-7(4,5)1-3/h1,3H2. The molecule has 0 saturated carbocycles. The van der Waals surface area contributed by atoms with Gasteiger partial charge in [-0.3, -0.25) is 0 Å². The molecule has 2 N–H and O–H groups in total. The predicted octanol–water partition coefficient (Wildman–Crippen LogP) is -0.401. The van der Waals surface area contributed by atoms with Gasteiger partial charge in [-0.15, -0.1) is 0 Å². The van der Waals surface area contributed by atoms with Gasteiger partial charge in [0, 0.05) is 0 Å². The molecule has 0 aromatic rings. The average molecular weight is 237 g/mol. The van der Waals surface area contributed by atoms with Gasteiger partial charge >= 0.3 is 0 Å². The summed E-state index contributed by atoms with van der Waals surface area (Å²) >= 11 is 1.26. The number of hydrogen-bond donors (Lipinski definition) is 1. The summed E-state index contributed by atoms with van der Waals surface area (Å²) in [5, 5.41) is 0. The third kappa shape index (κ3) is 3.21. The molecule has 44 valence electrons. The van der Waals surface area contributed by atoms with Crippen LogP contribution in [0.15, 0.2) is 0 Å². The van der Waals surface area contributed by atoms with Crippen molar-refractivity contribution in [3.63, 3.8) is 0 Å². The molecule has 0 aromatic heterocycles. The molecule has 0 fully saturated rings. The Balaban J connectivity index is 3.89. The van der Waals surface area contributed by atoms with Gasteiger partial charge in [0.05, 0.1) is 0 Å². The maximum atomic E-state index is 10.0. The summed E-state index contributed by atoms with van der Waals surface area (Å²) in [6.07, 6.45) is 0. The van der Waals surface area contributed by atoms with E-state index < -0.39 is 16.0 Å². The number of nitrogens with two attached hydrogens (primary N) is 1. The van der Waals surface area contributed by atoms with Crippen LogP contribution in [0.5, 0.6) is 0 Å². The Morgan fingerprint density at radius 1 is 1.71 bits per heavy atom. The third-order valence-electron chi connectivity index (χ3n) is 0.300. The molecule has 0 rings (SSSR count). The number of halogens is 1. The van der Waals surface area contributed by atoms with Crippen molar-refractivity contribution < 1.29 is 10.9 Å². The van der Waals surface area contributed by atoms with Crippen LogP contribution in [-0.4, -0.2) is 14.3 Å². The first kappa shape index (κ1) is 7.60. The molecule has 0 bridgehead atoms. The maximum absolute atomic E-state index is 10.0. The molecular weight excluding hydrogens is 233 g/mol. The summed E-state index contributed by atoms with van der Waals surface area (Å²) in [6, 6.07) is 0. The largest absolute Gasteiger partial charge is 0.316 e. The van der Waals surface area contributed by atoms with E-state index >= 15 is 0 Å². The van der Waals surface area contributed by atoms with E-state index in [1.54, 1.807) is 0 Å². The van der Waals surface area contributed by atoms with Gasteiger partial charge < -0.3 is 5.73 Å². The van der Waals surface area contributed by atoms with Gasteiger partial charge in [0.2, 0.25) is 0 Å². The Kier molecular flexibility index (Phi) is 3.04. The Labute approximate surface area is 55.8 Å². The molecule has 0 spiro atoms. The monoisotopic (exact) mass is 237 g/mol. The first-order chi connectivity index (χ1) is 3.12. The smallest absolute Gasteiger partial charge is 0.289 e. The van der Waals surface area contributed by atoms with Crippen LogP contribution in [0.4, 0.5) is 0 Å². The summed E-state index contributed by atoms with van der Waals surface area (Å²) < 4.78 is 23.9. The van der Waals surface area contributed by atoms with Crippen molar-refractivity contribution in [2.75, 3.05) is 5.88 Å². The Bertz CT molecular complexity index is 118. The van der Waals surface area contributed by atoms with Crippen LogP contribution in [0.25, 0.3) is 0 Å². The normalized spacial score (nSPS) is 11.7. The van der Waals surface area contributed by atoms with Gasteiger partial charge in [0.15, 0.2) is 0 Å². The fourth-order valence-corrected chi connectivity index (χ4v) is 0.518. The zero-order valence-electron chi connectivity index (χ0n) is 3.30. The number of hydrogen-bond acceptors (Lipinski definition) is 4. The first-order valence-electron chi connectivity index (χ1n) is 1.35. The van der Waals surface area contributed by atoms with Gasteiger partial charge in [0.25, 0.3) is 10.1 Å². The quantitative estimate of drug-likeness (QED) is 0.663. The minimum atomic E-state index is -3.39. The third-order valence-corrected chi connectivity index (χ3v) is 2.54. The van der Waals surface area contributed by atoms with Crippen LogP contribution >= 0.6 is 23.0 Å². The van der Waals surface area contributed by atoms with E-state index in [0.717, 1.165) is 0 Å². The Hall–Kier alpha value is 0.600. The summed E-state index contributed by atoms with van der Waals surface area (Å²) in [4.78, 5) is 0. The molecule has 0 unspecified atom stereocenters. The highest BCUT2D eigenvalue weighted by Gasteiger charge is 2.02. The maximum Gasteiger partial charge on any atom is 0.289 e. The first-order valence-corrected chi connectivity index (χ1v) is 3.81. The van der Waals surface area contributed by atoms with Crippen LogP contribution in [0.1, 0.15) is 0 Å². The van der Waals surface area contributed by atoms with Crippen molar-refractivity contribution in [1.82, 2.24) is 0 Å². The SMILES string of the molecule is NCS(=O)(=O)OI. The molecule has 0 amide bonds. The van der Waals surface area contributed by atoms with Crippen molar-refractivity contribution in [1.29, 1.82) is 0 Å². The van der Waals surface area contributed by atoms with E-state index in [0.29, 0.717) is 0 Å². The average Bonchev–Trinajstić information content (AvgIpc) is 1.68. The van der Waals surface area contributed by atoms with Crippen molar-refractivity contribution in [3.8, 4) is 0 Å². The van der Waals surface area contributed by atoms with Crippen molar-refractivity contribution >= 4 is 33.1 Å². The predicted molar refractivity (Wildman–Crippen MR) is 33.1 cm³/mol. The molecule has 0 atom stereocenters. The van der Waals surface area contributed by atoms with E-state index in [9.17, 15) is 8.42 Å². The van der Waals surface area contributed by atoms with Gasteiger partial charge in [-0.05, 0) is 0 Å². The summed E-state index contributed by atoms with van der Waals surface area (Å²) in [6.45, 7) is 0. The fraction of sp³-hybridized carbons (Fsp3) is 1.00. The Morgan fingerprint density at radius 3 is 2.14 bits per heavy atom. The highest BCUT2D eigenvalue weighted by atomic mass is 127. The second-order valence-electron chi connectivity index (χ2n) is 0.787. The lowest BCUT2D eigenvalue weighted by Gasteiger charge is -1.88. The van der Waals surface area contributed by atoms with Gasteiger partial charge in [-0.2, -0.15) is 10.9 Å². The fourth-order valence-electron chi connectivity index (χ4n) is 0.0257. The zero-order chi connectivity index (χ0) is 5.91. The molecular formula is CH4INO3S. The van der Waals surface area contributed by atoms with Crippen LogP contribution in [0.3, 0.4) is 0 Å². The Morgan fingerprint density at radius 2 is 2.14 bits per heavy atom. The second-order valence-corrected chi connectivity index (χ2v) is 3.44. The molecule has 0 heterocycles. The van der Waals surface area contributed by atoms with E-state index in [1.807, 2.05) is 0 Å². The summed E-state index contributed by atoms with van der Waals surface area (Å²) in [7, 11) is -3.39. The van der Waals surface area contributed by atoms with Crippen LogP contribution in [-0.2, 0) is 12.6 Å². The van der Waals surface area contributed by atoms with Crippen LogP contribution < -0.4 is 5.73 Å². The minimum Gasteiger partial charge on any atom is -0.316 e. The van der Waals surface area contributed by atoms with E-state index in [2.05, 4.69) is 2.51 Å². The molecule has 4 nitrogen and oxygen atoms in total. The van der Waals surface area contributed by atoms with Crippen molar-refractivity contribution in [3.05, 3.63) is 0 Å². The second kappa shape index (κ2) is 2.80. The van der Waals surface area contributed by atoms with Crippen LogP contribution in [0, 0.1) is 0 Å². The minimum absolute atomic E-state index is 0.462. The lowest BCUT2D eigenvalue weighted by Crippen LogP contribution is -2.12. The molecule has 0 saturated heterocycles. The van der Waals surface area contributed by atoms with Crippen molar-refractivity contribution in [2.45, 2.75) is 0 Å². The van der Waals surface area contributed by atoms with Crippen LogP contribution in [0.2, 0.25) is 0 Å².